The fourth-order valence-corrected chi connectivity index (χ4v) is 3.32. The Balaban J connectivity index is 1.58. The van der Waals surface area contributed by atoms with Gasteiger partial charge in [-0.25, -0.2) is 9.37 Å². The van der Waals surface area contributed by atoms with Crippen molar-refractivity contribution in [3.05, 3.63) is 35.6 Å². The van der Waals surface area contributed by atoms with Crippen molar-refractivity contribution < 1.29 is 14.0 Å². The average molecular weight is 345 g/mol. The third-order valence-corrected chi connectivity index (χ3v) is 4.62. The molecule has 0 radical (unpaired) electrons. The van der Waals surface area contributed by atoms with Crippen LogP contribution in [0.15, 0.2) is 29.8 Å². The molecule has 9 heteroatoms. The highest BCUT2D eigenvalue weighted by atomic mass is 32.1. The van der Waals surface area contributed by atoms with Crippen LogP contribution in [-0.4, -0.2) is 33.5 Å². The molecule has 7 nitrogen and oxygen atoms in total. The second kappa shape index (κ2) is 5.68. The minimum Gasteiger partial charge on any atom is -0.302 e. The number of carbonyl (C=O) groups excluding carboxylic acids is 2. The first-order valence-electron chi connectivity index (χ1n) is 7.27. The van der Waals surface area contributed by atoms with Crippen LogP contribution in [-0.2, 0) is 9.59 Å². The molecule has 2 N–H and O–H groups in total. The number of rotatable bonds is 3. The number of fused-ring (bicyclic) bond motifs is 1. The molecule has 24 heavy (non-hydrogen) atoms. The summed E-state index contributed by atoms with van der Waals surface area (Å²) >= 11 is 1.30. The highest BCUT2D eigenvalue weighted by Gasteiger charge is 2.37. The number of hydrogen-bond donors (Lipinski definition) is 2. The van der Waals surface area contributed by atoms with Gasteiger partial charge < -0.3 is 5.32 Å². The van der Waals surface area contributed by atoms with Gasteiger partial charge in [-0.2, -0.15) is 5.10 Å². The first-order chi connectivity index (χ1) is 11.6. The van der Waals surface area contributed by atoms with Gasteiger partial charge in [0.2, 0.25) is 11.8 Å². The molecule has 1 unspecified atom stereocenters. The van der Waals surface area contributed by atoms with Gasteiger partial charge in [0.1, 0.15) is 5.82 Å². The molecule has 122 valence electrons. The summed E-state index contributed by atoms with van der Waals surface area (Å²) in [7, 11) is 0. The lowest BCUT2D eigenvalue weighted by atomic mass is 10.1. The van der Waals surface area contributed by atoms with E-state index >= 15 is 0 Å². The predicted octanol–water partition coefficient (Wildman–Crippen LogP) is 2.15. The van der Waals surface area contributed by atoms with Crippen LogP contribution in [0.1, 0.15) is 6.42 Å². The molecule has 0 saturated carbocycles. The fraction of sp³-hybridized carbons (Fsp3) is 0.200. The molecule has 1 aliphatic rings. The fourth-order valence-electron chi connectivity index (χ4n) is 2.79. The molecule has 3 heterocycles. The minimum atomic E-state index is -0.528. The van der Waals surface area contributed by atoms with Crippen LogP contribution in [0, 0.1) is 11.7 Å². The molecule has 1 atom stereocenters. The first-order valence-corrected chi connectivity index (χ1v) is 8.15. The third kappa shape index (κ3) is 2.42. The summed E-state index contributed by atoms with van der Waals surface area (Å²) in [6.07, 6.45) is 1.64. The van der Waals surface area contributed by atoms with Gasteiger partial charge in [0.05, 0.1) is 16.8 Å². The van der Waals surface area contributed by atoms with Crippen molar-refractivity contribution in [3.63, 3.8) is 0 Å². The van der Waals surface area contributed by atoms with E-state index in [4.69, 9.17) is 0 Å². The quantitative estimate of drug-likeness (QED) is 0.761. The Morgan fingerprint density at radius 2 is 2.33 bits per heavy atom. The zero-order valence-electron chi connectivity index (χ0n) is 12.3. The van der Waals surface area contributed by atoms with Crippen LogP contribution in [0.4, 0.5) is 15.3 Å². The van der Waals surface area contributed by atoms with Crippen LogP contribution in [0.5, 0.6) is 0 Å². The van der Waals surface area contributed by atoms with Gasteiger partial charge in [-0.05, 0) is 12.1 Å². The van der Waals surface area contributed by atoms with Gasteiger partial charge >= 0.3 is 0 Å². The molecule has 1 saturated heterocycles. The number of halogens is 1. The summed E-state index contributed by atoms with van der Waals surface area (Å²) in [6, 6.07) is 4.56. The number of carbonyl (C=O) groups is 2. The van der Waals surface area contributed by atoms with E-state index in [1.54, 1.807) is 23.7 Å². The molecule has 0 aliphatic carbocycles. The molecule has 0 bridgehead atoms. The summed E-state index contributed by atoms with van der Waals surface area (Å²) in [5, 5.41) is 12.0. The number of anilines is 2. The Kier molecular flexibility index (Phi) is 3.49. The van der Waals surface area contributed by atoms with Crippen molar-refractivity contribution in [2.24, 2.45) is 5.92 Å². The summed E-state index contributed by atoms with van der Waals surface area (Å²) in [4.78, 5) is 29.9. The van der Waals surface area contributed by atoms with Gasteiger partial charge in [-0.15, -0.1) is 11.3 Å². The second-order valence-corrected chi connectivity index (χ2v) is 6.34. The number of amides is 2. The molecular weight excluding hydrogens is 333 g/mol. The zero-order valence-corrected chi connectivity index (χ0v) is 13.1. The number of hydrogen-bond acceptors (Lipinski definition) is 5. The van der Waals surface area contributed by atoms with E-state index in [2.05, 4.69) is 20.5 Å². The van der Waals surface area contributed by atoms with E-state index in [1.807, 2.05) is 0 Å². The van der Waals surface area contributed by atoms with E-state index in [9.17, 15) is 14.0 Å². The standard InChI is InChI=1S/C15H12FN5O2S/c16-9-2-1-3-10-12(9)13(20-19-10)21-7-8(6-11(21)22)14(23)18-15-17-4-5-24-15/h1-5,8H,6-7H2,(H,19,20)(H,17,18,23). The van der Waals surface area contributed by atoms with Gasteiger partial charge in [-0.3, -0.25) is 19.6 Å². The lowest BCUT2D eigenvalue weighted by Crippen LogP contribution is -2.28. The lowest BCUT2D eigenvalue weighted by Gasteiger charge is -2.14. The topological polar surface area (TPSA) is 91.0 Å². The molecule has 2 aromatic heterocycles. The minimum absolute atomic E-state index is 0.0556. The number of nitrogens with one attached hydrogen (secondary N) is 2. The van der Waals surface area contributed by atoms with E-state index in [-0.39, 0.29) is 36.0 Å². The van der Waals surface area contributed by atoms with Crippen molar-refractivity contribution in [1.82, 2.24) is 15.2 Å². The SMILES string of the molecule is O=C(Nc1nccs1)C1CC(=O)N(c2n[nH]c3cccc(F)c23)C1. The lowest BCUT2D eigenvalue weighted by molar-refractivity contribution is -0.122. The Labute approximate surface area is 139 Å². The van der Waals surface area contributed by atoms with Crippen molar-refractivity contribution in [3.8, 4) is 0 Å². The number of benzene rings is 1. The zero-order chi connectivity index (χ0) is 16.7. The number of nitrogens with zero attached hydrogens (tertiary/aromatic N) is 3. The number of H-pyrrole nitrogens is 1. The molecule has 1 aromatic carbocycles. The Morgan fingerprint density at radius 3 is 3.12 bits per heavy atom. The van der Waals surface area contributed by atoms with Gasteiger partial charge in [0.25, 0.3) is 0 Å². The summed E-state index contributed by atoms with van der Waals surface area (Å²) in [6.45, 7) is 0.157. The summed E-state index contributed by atoms with van der Waals surface area (Å²) in [5.74, 6) is -1.30. The van der Waals surface area contributed by atoms with Crippen LogP contribution >= 0.6 is 11.3 Å². The Bertz CT molecular complexity index is 923. The van der Waals surface area contributed by atoms with Crippen molar-refractivity contribution in [2.45, 2.75) is 6.42 Å². The smallest absolute Gasteiger partial charge is 0.231 e. The van der Waals surface area contributed by atoms with E-state index in [0.717, 1.165) is 0 Å². The van der Waals surface area contributed by atoms with Crippen LogP contribution in [0.3, 0.4) is 0 Å². The molecule has 1 fully saturated rings. The molecular formula is C15H12FN5O2S. The van der Waals surface area contributed by atoms with E-state index in [1.165, 1.54) is 22.3 Å². The van der Waals surface area contributed by atoms with Gasteiger partial charge in [0.15, 0.2) is 10.9 Å². The monoisotopic (exact) mass is 345 g/mol. The Hall–Kier alpha value is -2.81. The summed E-state index contributed by atoms with van der Waals surface area (Å²) < 4.78 is 14.1. The largest absolute Gasteiger partial charge is 0.302 e. The molecule has 0 spiro atoms. The van der Waals surface area contributed by atoms with Crippen molar-refractivity contribution in [1.29, 1.82) is 0 Å². The second-order valence-electron chi connectivity index (χ2n) is 5.44. The molecule has 3 aromatic rings. The molecule has 1 aliphatic heterocycles. The van der Waals surface area contributed by atoms with E-state index < -0.39 is 11.7 Å². The highest BCUT2D eigenvalue weighted by molar-refractivity contribution is 7.13. The van der Waals surface area contributed by atoms with Crippen molar-refractivity contribution in [2.75, 3.05) is 16.8 Å². The summed E-state index contributed by atoms with van der Waals surface area (Å²) in [5.41, 5.74) is 0.508. The maximum atomic E-state index is 14.1. The maximum absolute atomic E-state index is 14.1. The van der Waals surface area contributed by atoms with Crippen LogP contribution in [0.25, 0.3) is 10.9 Å². The van der Waals surface area contributed by atoms with Crippen LogP contribution < -0.4 is 10.2 Å². The molecule has 2 amide bonds. The van der Waals surface area contributed by atoms with Gasteiger partial charge in [0, 0.05) is 24.5 Å². The first kappa shape index (κ1) is 14.8. The highest BCUT2D eigenvalue weighted by Crippen LogP contribution is 2.31. The normalized spacial score (nSPS) is 17.6. The average Bonchev–Trinajstić information content (AvgIpc) is 3.27. The molecule has 4 rings (SSSR count). The third-order valence-electron chi connectivity index (χ3n) is 3.93. The predicted molar refractivity (Wildman–Crippen MR) is 87.3 cm³/mol. The van der Waals surface area contributed by atoms with E-state index in [0.29, 0.717) is 10.6 Å². The van der Waals surface area contributed by atoms with Gasteiger partial charge in [-0.1, -0.05) is 6.07 Å². The number of aromatic amines is 1. The van der Waals surface area contributed by atoms with Crippen molar-refractivity contribution >= 4 is 45.0 Å². The number of thiazole rings is 1. The Morgan fingerprint density at radius 1 is 1.46 bits per heavy atom. The maximum Gasteiger partial charge on any atom is 0.231 e. The number of aromatic nitrogens is 3. The van der Waals surface area contributed by atoms with Crippen LogP contribution in [0.2, 0.25) is 0 Å².